The molecule has 0 aromatic heterocycles. The molecule has 0 radical (unpaired) electrons. The molecule has 2 nitrogen and oxygen atoms in total. The number of carboxylic acid groups (broad SMARTS) is 1. The molecule has 2 heteroatoms. The summed E-state index contributed by atoms with van der Waals surface area (Å²) in [7, 11) is 0. The molecule has 4 aliphatic carbocycles. The van der Waals surface area contributed by atoms with E-state index in [1.54, 1.807) is 0 Å². The van der Waals surface area contributed by atoms with Crippen LogP contribution in [0.15, 0.2) is 0 Å². The van der Waals surface area contributed by atoms with Crippen LogP contribution in [0.2, 0.25) is 0 Å². The maximum absolute atomic E-state index is 11.1. The average Bonchev–Trinajstić information content (AvgIpc) is 3.04. The fraction of sp³-hybridized carbons (Fsp3) is 0.963. The molecule has 4 saturated carbocycles. The van der Waals surface area contributed by atoms with Crippen molar-refractivity contribution in [3.05, 3.63) is 0 Å². The van der Waals surface area contributed by atoms with Gasteiger partial charge in [0.2, 0.25) is 0 Å². The molecular weight excluding hydrogens is 356 g/mol. The average molecular weight is 403 g/mol. The maximum atomic E-state index is 11.1. The Bertz CT molecular complexity index is 599. The molecule has 0 spiro atoms. The van der Waals surface area contributed by atoms with E-state index in [9.17, 15) is 4.79 Å². The third kappa shape index (κ3) is 3.69. The minimum absolute atomic E-state index is 0.184. The molecule has 0 aliphatic heterocycles. The summed E-state index contributed by atoms with van der Waals surface area (Å²) < 4.78 is 0. The molecule has 0 amide bonds. The summed E-state index contributed by atoms with van der Waals surface area (Å²) >= 11 is 0. The van der Waals surface area contributed by atoms with Crippen molar-refractivity contribution in [2.45, 2.75) is 111 Å². The molecule has 0 aromatic rings. The molecule has 4 rings (SSSR count). The lowest BCUT2D eigenvalue weighted by atomic mass is 9.44. The van der Waals surface area contributed by atoms with Crippen LogP contribution in [0.1, 0.15) is 111 Å². The van der Waals surface area contributed by atoms with Crippen LogP contribution in [-0.2, 0) is 4.79 Å². The lowest BCUT2D eigenvalue weighted by molar-refractivity contribution is -0.141. The first-order valence-electron chi connectivity index (χ1n) is 13.0. The zero-order chi connectivity index (χ0) is 20.8. The first kappa shape index (κ1) is 21.7. The van der Waals surface area contributed by atoms with Crippen LogP contribution in [-0.4, -0.2) is 11.1 Å². The van der Waals surface area contributed by atoms with Crippen molar-refractivity contribution in [2.75, 3.05) is 0 Å². The van der Waals surface area contributed by atoms with Gasteiger partial charge in [-0.05, 0) is 104 Å². The Labute approximate surface area is 179 Å². The van der Waals surface area contributed by atoms with Crippen LogP contribution in [0.3, 0.4) is 0 Å². The monoisotopic (exact) mass is 402 g/mol. The third-order valence-electron chi connectivity index (χ3n) is 11.1. The smallest absolute Gasteiger partial charge is 0.306 e. The highest BCUT2D eigenvalue weighted by atomic mass is 16.4. The predicted molar refractivity (Wildman–Crippen MR) is 120 cm³/mol. The predicted octanol–water partition coefficient (Wildman–Crippen LogP) is 7.56. The van der Waals surface area contributed by atoms with Gasteiger partial charge in [0.15, 0.2) is 0 Å². The molecule has 0 saturated heterocycles. The van der Waals surface area contributed by atoms with E-state index in [4.69, 9.17) is 5.11 Å². The molecule has 1 N–H and O–H groups in total. The third-order valence-corrected chi connectivity index (χ3v) is 11.1. The Kier molecular flexibility index (Phi) is 6.13. The molecule has 4 fully saturated rings. The fourth-order valence-electron chi connectivity index (χ4n) is 9.34. The van der Waals surface area contributed by atoms with Crippen LogP contribution in [0.25, 0.3) is 0 Å². The molecule has 166 valence electrons. The maximum Gasteiger partial charge on any atom is 0.306 e. The van der Waals surface area contributed by atoms with Gasteiger partial charge in [-0.15, -0.1) is 0 Å². The summed E-state index contributed by atoms with van der Waals surface area (Å²) in [5.74, 6) is 4.80. The van der Waals surface area contributed by atoms with E-state index in [0.29, 0.717) is 10.8 Å². The molecule has 9 atom stereocenters. The number of fused-ring (bicyclic) bond motifs is 5. The summed E-state index contributed by atoms with van der Waals surface area (Å²) in [6, 6.07) is 0. The molecule has 9 unspecified atom stereocenters. The molecule has 0 aromatic carbocycles. The molecule has 0 bridgehead atoms. The second kappa shape index (κ2) is 8.19. The Balaban J connectivity index is 1.42. The highest BCUT2D eigenvalue weighted by molar-refractivity contribution is 5.69. The van der Waals surface area contributed by atoms with E-state index in [2.05, 4.69) is 20.8 Å². The van der Waals surface area contributed by atoms with E-state index in [-0.39, 0.29) is 5.92 Å². The van der Waals surface area contributed by atoms with Gasteiger partial charge in [0.1, 0.15) is 0 Å². The van der Waals surface area contributed by atoms with E-state index in [0.717, 1.165) is 48.3 Å². The van der Waals surface area contributed by atoms with Gasteiger partial charge >= 0.3 is 5.97 Å². The van der Waals surface area contributed by atoms with Crippen LogP contribution in [0.4, 0.5) is 0 Å². The second-order valence-electron chi connectivity index (χ2n) is 12.3. The quantitative estimate of drug-likeness (QED) is 0.497. The fourth-order valence-corrected chi connectivity index (χ4v) is 9.34. The van der Waals surface area contributed by atoms with Crippen LogP contribution in [0, 0.1) is 52.3 Å². The Hall–Kier alpha value is -0.530. The topological polar surface area (TPSA) is 37.3 Å². The van der Waals surface area contributed by atoms with E-state index >= 15 is 0 Å². The van der Waals surface area contributed by atoms with Crippen LogP contribution in [0.5, 0.6) is 0 Å². The van der Waals surface area contributed by atoms with E-state index < -0.39 is 5.97 Å². The highest BCUT2D eigenvalue weighted by Gasteiger charge is 2.60. The number of carbonyl (C=O) groups is 1. The highest BCUT2D eigenvalue weighted by Crippen LogP contribution is 2.68. The Morgan fingerprint density at radius 3 is 2.41 bits per heavy atom. The Morgan fingerprint density at radius 1 is 0.897 bits per heavy atom. The van der Waals surface area contributed by atoms with Crippen LogP contribution >= 0.6 is 0 Å². The lowest BCUT2D eigenvalue weighted by Gasteiger charge is -2.61. The van der Waals surface area contributed by atoms with Gasteiger partial charge in [0.05, 0.1) is 5.92 Å². The molecule has 29 heavy (non-hydrogen) atoms. The van der Waals surface area contributed by atoms with Gasteiger partial charge in [-0.2, -0.15) is 0 Å². The van der Waals surface area contributed by atoms with Gasteiger partial charge < -0.3 is 5.11 Å². The lowest BCUT2D eigenvalue weighted by Crippen LogP contribution is -2.53. The Morgan fingerprint density at radius 2 is 1.66 bits per heavy atom. The van der Waals surface area contributed by atoms with Crippen molar-refractivity contribution in [1.29, 1.82) is 0 Å². The minimum Gasteiger partial charge on any atom is -0.481 e. The molecular formula is C27H46O2. The number of carboxylic acids is 1. The van der Waals surface area contributed by atoms with Gasteiger partial charge in [0, 0.05) is 0 Å². The van der Waals surface area contributed by atoms with E-state index in [1.165, 1.54) is 70.6 Å². The number of rotatable bonds is 6. The molecule has 0 heterocycles. The summed E-state index contributed by atoms with van der Waals surface area (Å²) in [5.41, 5.74) is 1.20. The van der Waals surface area contributed by atoms with Gasteiger partial charge in [-0.1, -0.05) is 53.4 Å². The van der Waals surface area contributed by atoms with Crippen molar-refractivity contribution >= 4 is 5.97 Å². The SMILES string of the molecule is CC(CCCC(C)C1CCC2C3CCC4CCCCC4(C)C3CCC12C)C(=O)O. The number of aliphatic carboxylic acids is 1. The minimum atomic E-state index is -0.629. The first-order chi connectivity index (χ1) is 13.8. The number of hydrogen-bond donors (Lipinski definition) is 1. The summed E-state index contributed by atoms with van der Waals surface area (Å²) in [6.45, 7) is 9.70. The zero-order valence-corrected chi connectivity index (χ0v) is 19.6. The number of hydrogen-bond acceptors (Lipinski definition) is 1. The van der Waals surface area contributed by atoms with Crippen molar-refractivity contribution < 1.29 is 9.90 Å². The molecule has 4 aliphatic rings. The van der Waals surface area contributed by atoms with Crippen molar-refractivity contribution in [3.63, 3.8) is 0 Å². The normalized spacial score (nSPS) is 46.3. The van der Waals surface area contributed by atoms with Gasteiger partial charge in [0.25, 0.3) is 0 Å². The van der Waals surface area contributed by atoms with Crippen LogP contribution < -0.4 is 0 Å². The van der Waals surface area contributed by atoms with E-state index in [1.807, 2.05) is 6.92 Å². The largest absolute Gasteiger partial charge is 0.481 e. The zero-order valence-electron chi connectivity index (χ0n) is 19.6. The van der Waals surface area contributed by atoms with Gasteiger partial charge in [-0.3, -0.25) is 4.79 Å². The van der Waals surface area contributed by atoms with Crippen molar-refractivity contribution in [3.8, 4) is 0 Å². The summed E-state index contributed by atoms with van der Waals surface area (Å²) in [4.78, 5) is 11.1. The first-order valence-corrected chi connectivity index (χ1v) is 13.0. The van der Waals surface area contributed by atoms with Gasteiger partial charge in [-0.25, -0.2) is 0 Å². The standard InChI is InChI=1S/C27H46O2/c1-18(8-7-9-19(2)25(28)29)22-13-14-23-21-12-11-20-10-5-6-16-26(20,3)24(21)15-17-27(22,23)4/h18-24H,5-17H2,1-4H3,(H,28,29). The second-order valence-corrected chi connectivity index (χ2v) is 12.3. The summed E-state index contributed by atoms with van der Waals surface area (Å²) in [5, 5.41) is 9.17. The van der Waals surface area contributed by atoms with Crippen molar-refractivity contribution in [2.24, 2.45) is 52.3 Å². The van der Waals surface area contributed by atoms with Crippen molar-refractivity contribution in [1.82, 2.24) is 0 Å². The summed E-state index contributed by atoms with van der Waals surface area (Å²) in [6.07, 6.45) is 18.0.